The largest absolute Gasteiger partial charge is 0.346 e. The Morgan fingerprint density at radius 1 is 1.04 bits per heavy atom. The fourth-order valence-corrected chi connectivity index (χ4v) is 4.14. The maximum Gasteiger partial charge on any atom is 0.251 e. The molecule has 0 heterocycles. The Kier molecular flexibility index (Phi) is 6.86. The number of nitrogens with one attached hydrogen (secondary N) is 2. The third-order valence-electron chi connectivity index (χ3n) is 3.76. The van der Waals surface area contributed by atoms with Crippen LogP contribution in [-0.4, -0.2) is 26.6 Å². The summed E-state index contributed by atoms with van der Waals surface area (Å²) in [5.41, 5.74) is 1.30. The van der Waals surface area contributed by atoms with Gasteiger partial charge in [0.2, 0.25) is 10.0 Å². The Labute approximate surface area is 159 Å². The Morgan fingerprint density at radius 2 is 1.69 bits per heavy atom. The zero-order chi connectivity index (χ0) is 19.3. The zero-order valence-corrected chi connectivity index (χ0v) is 16.9. The molecule has 26 heavy (non-hydrogen) atoms. The van der Waals surface area contributed by atoms with Gasteiger partial charge in [0, 0.05) is 16.5 Å². The van der Waals surface area contributed by atoms with Crippen molar-refractivity contribution in [2.24, 2.45) is 0 Å². The van der Waals surface area contributed by atoms with Crippen molar-refractivity contribution >= 4 is 27.7 Å². The monoisotopic (exact) mass is 392 g/mol. The van der Waals surface area contributed by atoms with Gasteiger partial charge in [0.1, 0.15) is 0 Å². The van der Waals surface area contributed by atoms with E-state index in [-0.39, 0.29) is 22.9 Å². The minimum absolute atomic E-state index is 0.0795. The van der Waals surface area contributed by atoms with Gasteiger partial charge < -0.3 is 5.32 Å². The average molecular weight is 393 g/mol. The summed E-state index contributed by atoms with van der Waals surface area (Å²) < 4.78 is 27.1. The first kappa shape index (κ1) is 20.5. The number of carbonyl (C=O) groups excluding carboxylic acids is 1. The Bertz CT molecular complexity index is 863. The standard InChI is InChI=1S/C19H24N2O3S2/c1-13(2)21-26(23,24)18-7-5-6-16(12-18)19(22)20-14(3)15-8-10-17(25-4)11-9-15/h5-14,21H,1-4H3,(H,20,22). The number of hydrogen-bond acceptors (Lipinski definition) is 4. The molecule has 0 fully saturated rings. The van der Waals surface area contributed by atoms with Crippen LogP contribution in [0.25, 0.3) is 0 Å². The lowest BCUT2D eigenvalue weighted by Crippen LogP contribution is -2.31. The van der Waals surface area contributed by atoms with Crippen LogP contribution in [0.4, 0.5) is 0 Å². The van der Waals surface area contributed by atoms with E-state index in [2.05, 4.69) is 10.0 Å². The summed E-state index contributed by atoms with van der Waals surface area (Å²) >= 11 is 1.66. The molecule has 0 radical (unpaired) electrons. The van der Waals surface area contributed by atoms with Crippen LogP contribution in [0.1, 0.15) is 42.7 Å². The van der Waals surface area contributed by atoms with E-state index < -0.39 is 10.0 Å². The molecule has 1 unspecified atom stereocenters. The summed E-state index contributed by atoms with van der Waals surface area (Å²) in [5, 5.41) is 2.91. The second-order valence-corrected chi connectivity index (χ2v) is 8.87. The third kappa shape index (κ3) is 5.33. The predicted molar refractivity (Wildman–Crippen MR) is 106 cm³/mol. The number of carbonyl (C=O) groups is 1. The number of thioether (sulfide) groups is 1. The SMILES string of the molecule is CSc1ccc(C(C)NC(=O)c2cccc(S(=O)(=O)NC(C)C)c2)cc1. The predicted octanol–water partition coefficient (Wildman–Crippen LogP) is 3.59. The number of sulfonamides is 1. The second-order valence-electron chi connectivity index (χ2n) is 6.27. The molecular formula is C19H24N2O3S2. The minimum atomic E-state index is -3.64. The van der Waals surface area contributed by atoms with Crippen molar-refractivity contribution in [2.75, 3.05) is 6.26 Å². The molecule has 1 amide bonds. The van der Waals surface area contributed by atoms with Gasteiger partial charge in [-0.15, -0.1) is 11.8 Å². The van der Waals surface area contributed by atoms with Crippen LogP contribution in [0.5, 0.6) is 0 Å². The lowest BCUT2D eigenvalue weighted by atomic mass is 10.1. The van der Waals surface area contributed by atoms with E-state index in [1.165, 1.54) is 12.1 Å². The Balaban J connectivity index is 2.15. The van der Waals surface area contributed by atoms with E-state index in [1.807, 2.05) is 37.4 Å². The minimum Gasteiger partial charge on any atom is -0.346 e. The molecule has 0 aromatic heterocycles. The summed E-state index contributed by atoms with van der Waals surface area (Å²) in [4.78, 5) is 13.8. The average Bonchev–Trinajstić information content (AvgIpc) is 2.60. The van der Waals surface area contributed by atoms with E-state index in [1.54, 1.807) is 37.7 Å². The highest BCUT2D eigenvalue weighted by molar-refractivity contribution is 7.98. The maximum atomic E-state index is 12.5. The number of benzene rings is 2. The maximum absolute atomic E-state index is 12.5. The van der Waals surface area contributed by atoms with Gasteiger partial charge >= 0.3 is 0 Å². The molecule has 0 bridgehead atoms. The van der Waals surface area contributed by atoms with Crippen LogP contribution >= 0.6 is 11.8 Å². The molecule has 0 aliphatic carbocycles. The smallest absolute Gasteiger partial charge is 0.251 e. The molecular weight excluding hydrogens is 368 g/mol. The van der Waals surface area contributed by atoms with Crippen molar-refractivity contribution in [1.29, 1.82) is 0 Å². The fraction of sp³-hybridized carbons (Fsp3) is 0.316. The van der Waals surface area contributed by atoms with Crippen molar-refractivity contribution in [3.8, 4) is 0 Å². The third-order valence-corrected chi connectivity index (χ3v) is 6.16. The highest BCUT2D eigenvalue weighted by atomic mass is 32.2. The van der Waals surface area contributed by atoms with E-state index in [0.29, 0.717) is 5.56 Å². The summed E-state index contributed by atoms with van der Waals surface area (Å²) in [5.74, 6) is -0.312. The molecule has 5 nitrogen and oxygen atoms in total. The van der Waals surface area contributed by atoms with Crippen molar-refractivity contribution in [3.63, 3.8) is 0 Å². The topological polar surface area (TPSA) is 75.3 Å². The van der Waals surface area contributed by atoms with Crippen LogP contribution in [0.3, 0.4) is 0 Å². The Morgan fingerprint density at radius 3 is 2.27 bits per heavy atom. The van der Waals surface area contributed by atoms with Crippen molar-refractivity contribution in [3.05, 3.63) is 59.7 Å². The summed E-state index contributed by atoms with van der Waals surface area (Å²) in [7, 11) is -3.64. The van der Waals surface area contributed by atoms with E-state index in [4.69, 9.17) is 0 Å². The highest BCUT2D eigenvalue weighted by Crippen LogP contribution is 2.19. The summed E-state index contributed by atoms with van der Waals surface area (Å²) in [6, 6.07) is 13.6. The highest BCUT2D eigenvalue weighted by Gasteiger charge is 2.18. The van der Waals surface area contributed by atoms with E-state index in [9.17, 15) is 13.2 Å². The van der Waals surface area contributed by atoms with Crippen LogP contribution < -0.4 is 10.0 Å². The molecule has 0 aliphatic heterocycles. The first-order chi connectivity index (χ1) is 12.2. The second kappa shape index (κ2) is 8.70. The normalized spacial score (nSPS) is 12.8. The lowest BCUT2D eigenvalue weighted by molar-refractivity contribution is 0.0939. The van der Waals surface area contributed by atoms with Crippen LogP contribution in [-0.2, 0) is 10.0 Å². The van der Waals surface area contributed by atoms with Gasteiger partial charge in [0.25, 0.3) is 5.91 Å². The molecule has 7 heteroatoms. The first-order valence-electron chi connectivity index (χ1n) is 8.30. The summed E-state index contributed by atoms with van der Waals surface area (Å²) in [6.45, 7) is 5.39. The molecule has 1 atom stereocenters. The molecule has 0 aliphatic rings. The summed E-state index contributed by atoms with van der Waals surface area (Å²) in [6.07, 6.45) is 2.01. The number of hydrogen-bond donors (Lipinski definition) is 2. The van der Waals surface area contributed by atoms with Gasteiger partial charge in [-0.1, -0.05) is 18.2 Å². The molecule has 2 rings (SSSR count). The molecule has 2 aromatic carbocycles. The zero-order valence-electron chi connectivity index (χ0n) is 15.3. The van der Waals surface area contributed by atoms with E-state index >= 15 is 0 Å². The van der Waals surface area contributed by atoms with Gasteiger partial charge in [0.15, 0.2) is 0 Å². The molecule has 0 saturated heterocycles. The van der Waals surface area contributed by atoms with E-state index in [0.717, 1.165) is 10.5 Å². The number of amides is 1. The van der Waals surface area contributed by atoms with Crippen molar-refractivity contribution in [2.45, 2.75) is 42.6 Å². The molecule has 2 N–H and O–H groups in total. The fourth-order valence-electron chi connectivity index (χ4n) is 2.44. The van der Waals surface area contributed by atoms with Crippen molar-refractivity contribution in [1.82, 2.24) is 10.0 Å². The number of rotatable bonds is 7. The van der Waals surface area contributed by atoms with Crippen LogP contribution in [0, 0.1) is 0 Å². The quantitative estimate of drug-likeness (QED) is 0.706. The molecule has 140 valence electrons. The van der Waals surface area contributed by atoms with Crippen LogP contribution in [0.15, 0.2) is 58.3 Å². The van der Waals surface area contributed by atoms with Gasteiger partial charge in [-0.25, -0.2) is 13.1 Å². The molecule has 0 spiro atoms. The van der Waals surface area contributed by atoms with Gasteiger partial charge in [-0.3, -0.25) is 4.79 Å². The Hall–Kier alpha value is -1.83. The lowest BCUT2D eigenvalue weighted by Gasteiger charge is -2.15. The molecule has 0 saturated carbocycles. The van der Waals surface area contributed by atoms with Gasteiger partial charge in [-0.05, 0) is 62.9 Å². The molecule has 2 aromatic rings. The first-order valence-corrected chi connectivity index (χ1v) is 11.0. The van der Waals surface area contributed by atoms with Crippen LogP contribution in [0.2, 0.25) is 0 Å². The van der Waals surface area contributed by atoms with Gasteiger partial charge in [-0.2, -0.15) is 0 Å². The van der Waals surface area contributed by atoms with Gasteiger partial charge in [0.05, 0.1) is 10.9 Å². The van der Waals surface area contributed by atoms with Crippen molar-refractivity contribution < 1.29 is 13.2 Å².